The lowest BCUT2D eigenvalue weighted by atomic mass is 10.1. The summed E-state index contributed by atoms with van der Waals surface area (Å²) in [5.74, 6) is 0.0769. The molecule has 0 atom stereocenters. The molecule has 1 aliphatic heterocycles. The van der Waals surface area contributed by atoms with Gasteiger partial charge in [-0.2, -0.15) is 4.99 Å². The lowest BCUT2D eigenvalue weighted by Gasteiger charge is -2.13. The number of amides is 2. The molecule has 3 rings (SSSR count). The maximum Gasteiger partial charge on any atom is 0.286 e. The van der Waals surface area contributed by atoms with Crippen molar-refractivity contribution < 1.29 is 19.1 Å². The van der Waals surface area contributed by atoms with Gasteiger partial charge in [-0.1, -0.05) is 35.3 Å². The molecule has 0 saturated carbocycles. The maximum atomic E-state index is 12.0. The molecule has 0 aliphatic carbocycles. The Labute approximate surface area is 181 Å². The quantitative estimate of drug-likeness (QED) is 0.668. The Morgan fingerprint density at radius 3 is 2.76 bits per heavy atom. The van der Waals surface area contributed by atoms with E-state index in [9.17, 15) is 9.59 Å². The molecule has 0 aromatic heterocycles. The number of nitrogens with zero attached hydrogens (tertiary/aromatic N) is 1. The summed E-state index contributed by atoms with van der Waals surface area (Å²) in [4.78, 5) is 27.3. The van der Waals surface area contributed by atoms with Gasteiger partial charge in [0.05, 0.1) is 17.0 Å². The summed E-state index contributed by atoms with van der Waals surface area (Å²) in [5, 5.41) is 3.69. The number of benzene rings is 2. The van der Waals surface area contributed by atoms with Crippen LogP contribution >= 0.6 is 35.0 Å². The Balaban J connectivity index is 1.80. The second kappa shape index (κ2) is 9.35. The van der Waals surface area contributed by atoms with Gasteiger partial charge in [0, 0.05) is 11.9 Å². The van der Waals surface area contributed by atoms with Gasteiger partial charge in [0.15, 0.2) is 16.7 Å². The van der Waals surface area contributed by atoms with Crippen molar-refractivity contribution in [3.63, 3.8) is 0 Å². The summed E-state index contributed by atoms with van der Waals surface area (Å²) < 4.78 is 11.2. The fraction of sp³-hybridized carbons (Fsp3) is 0.150. The molecule has 0 radical (unpaired) electrons. The summed E-state index contributed by atoms with van der Waals surface area (Å²) in [6.45, 7) is 1.61. The highest BCUT2D eigenvalue weighted by Gasteiger charge is 2.23. The molecule has 0 bridgehead atoms. The molecule has 1 N–H and O–H groups in total. The Morgan fingerprint density at radius 1 is 1.28 bits per heavy atom. The largest absolute Gasteiger partial charge is 0.493 e. The standard InChI is InChI=1S/C20H16Cl2N2O4S/c1-11(25)23-20-24-19(26)17(29-20)9-13-7-15(22)18(16(8-13)27-2)28-10-12-4-3-5-14(21)6-12/h3-9H,10H2,1-2H3,(H,23,24,25,26)/b17-9-. The van der Waals surface area contributed by atoms with Crippen molar-refractivity contribution in [1.82, 2.24) is 5.32 Å². The van der Waals surface area contributed by atoms with E-state index < -0.39 is 5.91 Å². The van der Waals surface area contributed by atoms with E-state index in [1.807, 2.05) is 12.1 Å². The van der Waals surface area contributed by atoms with Crippen molar-refractivity contribution in [2.75, 3.05) is 7.11 Å². The number of aliphatic imine (C=N–C) groups is 1. The van der Waals surface area contributed by atoms with Crippen molar-refractivity contribution in [2.45, 2.75) is 13.5 Å². The summed E-state index contributed by atoms with van der Waals surface area (Å²) in [5.41, 5.74) is 1.52. The first kappa shape index (κ1) is 21.2. The van der Waals surface area contributed by atoms with E-state index in [-0.39, 0.29) is 17.7 Å². The number of amidine groups is 1. The molecule has 150 valence electrons. The number of hydrogen-bond donors (Lipinski definition) is 1. The molecule has 2 amide bonds. The van der Waals surface area contributed by atoms with Gasteiger partial charge >= 0.3 is 0 Å². The van der Waals surface area contributed by atoms with Crippen molar-refractivity contribution in [3.05, 3.63) is 62.5 Å². The van der Waals surface area contributed by atoms with E-state index in [1.54, 1.807) is 30.3 Å². The third kappa shape index (κ3) is 5.53. The Morgan fingerprint density at radius 2 is 2.07 bits per heavy atom. The molecule has 29 heavy (non-hydrogen) atoms. The van der Waals surface area contributed by atoms with Crippen LogP contribution in [0.4, 0.5) is 0 Å². The predicted molar refractivity (Wildman–Crippen MR) is 116 cm³/mol. The fourth-order valence-corrected chi connectivity index (χ4v) is 3.86. The zero-order valence-electron chi connectivity index (χ0n) is 15.5. The van der Waals surface area contributed by atoms with E-state index in [1.165, 1.54) is 14.0 Å². The number of carbonyl (C=O) groups is 2. The molecule has 0 fully saturated rings. The van der Waals surface area contributed by atoms with Crippen LogP contribution in [-0.4, -0.2) is 24.1 Å². The Bertz CT molecular complexity index is 1040. The topological polar surface area (TPSA) is 77.0 Å². The van der Waals surface area contributed by atoms with Crippen LogP contribution in [0.15, 0.2) is 46.3 Å². The van der Waals surface area contributed by atoms with E-state index >= 15 is 0 Å². The number of rotatable bonds is 5. The smallest absolute Gasteiger partial charge is 0.286 e. The minimum Gasteiger partial charge on any atom is -0.493 e. The summed E-state index contributed by atoms with van der Waals surface area (Å²) >= 11 is 13.5. The van der Waals surface area contributed by atoms with Gasteiger partial charge in [-0.05, 0) is 53.2 Å². The monoisotopic (exact) mass is 450 g/mol. The molecule has 1 aliphatic rings. The average molecular weight is 451 g/mol. The minimum atomic E-state index is -0.435. The highest BCUT2D eigenvalue weighted by molar-refractivity contribution is 8.18. The van der Waals surface area contributed by atoms with Crippen LogP contribution < -0.4 is 14.8 Å². The number of nitrogens with one attached hydrogen (secondary N) is 1. The van der Waals surface area contributed by atoms with Crippen LogP contribution in [0.25, 0.3) is 6.08 Å². The Kier molecular flexibility index (Phi) is 6.84. The third-order valence-corrected chi connectivity index (χ3v) is 5.14. The summed E-state index contributed by atoms with van der Waals surface area (Å²) in [6.07, 6.45) is 1.63. The van der Waals surface area contributed by atoms with E-state index in [2.05, 4.69) is 10.3 Å². The molecule has 1 heterocycles. The highest BCUT2D eigenvalue weighted by Crippen LogP contribution is 2.38. The first-order valence-electron chi connectivity index (χ1n) is 8.40. The number of ether oxygens (including phenoxy) is 2. The van der Waals surface area contributed by atoms with Crippen LogP contribution in [-0.2, 0) is 16.2 Å². The first-order valence-corrected chi connectivity index (χ1v) is 9.98. The van der Waals surface area contributed by atoms with Gasteiger partial charge in [-0.15, -0.1) is 0 Å². The van der Waals surface area contributed by atoms with E-state index in [0.717, 1.165) is 17.3 Å². The van der Waals surface area contributed by atoms with E-state index in [0.29, 0.717) is 32.0 Å². The van der Waals surface area contributed by atoms with Crippen LogP contribution in [0, 0.1) is 0 Å². The highest BCUT2D eigenvalue weighted by atomic mass is 35.5. The van der Waals surface area contributed by atoms with Gasteiger partial charge in [0.1, 0.15) is 6.61 Å². The van der Waals surface area contributed by atoms with Gasteiger partial charge in [0.25, 0.3) is 5.91 Å². The minimum absolute atomic E-state index is 0.244. The van der Waals surface area contributed by atoms with Crippen LogP contribution in [0.5, 0.6) is 11.5 Å². The SMILES string of the molecule is COc1cc(/C=C2\SC(NC(C)=O)=NC2=O)cc(Cl)c1OCc1cccc(Cl)c1. The molecule has 6 nitrogen and oxygen atoms in total. The van der Waals surface area contributed by atoms with Crippen molar-refractivity contribution in [1.29, 1.82) is 0 Å². The van der Waals surface area contributed by atoms with Gasteiger partial charge in [-0.25, -0.2) is 0 Å². The fourth-order valence-electron chi connectivity index (χ4n) is 2.51. The zero-order valence-corrected chi connectivity index (χ0v) is 17.8. The predicted octanol–water partition coefficient (Wildman–Crippen LogP) is 4.69. The maximum absolute atomic E-state index is 12.0. The van der Waals surface area contributed by atoms with Crippen molar-refractivity contribution in [3.8, 4) is 11.5 Å². The zero-order chi connectivity index (χ0) is 21.0. The van der Waals surface area contributed by atoms with Crippen molar-refractivity contribution >= 4 is 58.0 Å². The number of methoxy groups -OCH3 is 1. The second-order valence-corrected chi connectivity index (χ2v) is 7.84. The third-order valence-electron chi connectivity index (χ3n) is 3.73. The van der Waals surface area contributed by atoms with Gasteiger partial charge in [0.2, 0.25) is 5.91 Å². The molecule has 9 heteroatoms. The molecular weight excluding hydrogens is 435 g/mol. The molecule has 0 unspecified atom stereocenters. The summed E-state index contributed by atoms with van der Waals surface area (Å²) in [7, 11) is 1.50. The summed E-state index contributed by atoms with van der Waals surface area (Å²) in [6, 6.07) is 10.7. The molecule has 2 aromatic rings. The normalized spacial score (nSPS) is 14.7. The second-order valence-electron chi connectivity index (χ2n) is 5.97. The van der Waals surface area contributed by atoms with Crippen LogP contribution in [0.3, 0.4) is 0 Å². The van der Waals surface area contributed by atoms with E-state index in [4.69, 9.17) is 32.7 Å². The molecule has 0 spiro atoms. The van der Waals surface area contributed by atoms with Gasteiger partial charge in [-0.3, -0.25) is 9.59 Å². The number of carbonyl (C=O) groups excluding carboxylic acids is 2. The van der Waals surface area contributed by atoms with Crippen LogP contribution in [0.1, 0.15) is 18.1 Å². The lowest BCUT2D eigenvalue weighted by Crippen LogP contribution is -2.23. The number of thioether (sulfide) groups is 1. The molecule has 2 aromatic carbocycles. The average Bonchev–Trinajstić information content (AvgIpc) is 2.98. The van der Waals surface area contributed by atoms with Crippen LogP contribution in [0.2, 0.25) is 10.0 Å². The lowest BCUT2D eigenvalue weighted by molar-refractivity contribution is -0.117. The van der Waals surface area contributed by atoms with Crippen molar-refractivity contribution in [2.24, 2.45) is 4.99 Å². The molecular formula is C20H16Cl2N2O4S. The number of halogens is 2. The molecule has 0 saturated heterocycles. The number of hydrogen-bond acceptors (Lipinski definition) is 5. The van der Waals surface area contributed by atoms with Gasteiger partial charge < -0.3 is 14.8 Å². The Hall–Kier alpha value is -2.48. The first-order chi connectivity index (χ1) is 13.9.